The third kappa shape index (κ3) is 16.5. The molecule has 0 aromatic heterocycles. The van der Waals surface area contributed by atoms with Crippen LogP contribution in [0.3, 0.4) is 0 Å². The summed E-state index contributed by atoms with van der Waals surface area (Å²) in [5.41, 5.74) is 0. The smallest absolute Gasteiger partial charge is 0.0621 e. The molecule has 110 valence electrons. The van der Waals surface area contributed by atoms with Crippen molar-refractivity contribution in [3.8, 4) is 23.7 Å². The number of unbranched alkanes of at least 4 members (excludes halogenated alkanes) is 6. The molecule has 0 saturated heterocycles. The van der Waals surface area contributed by atoms with Gasteiger partial charge in [0.2, 0.25) is 0 Å². The van der Waals surface area contributed by atoms with Crippen molar-refractivity contribution >= 4 is 0 Å². The fourth-order valence-corrected chi connectivity index (χ4v) is 1.63. The van der Waals surface area contributed by atoms with Crippen molar-refractivity contribution in [1.82, 2.24) is 0 Å². The molecule has 0 heterocycles. The highest BCUT2D eigenvalue weighted by atomic mass is 16.3. The minimum atomic E-state index is 0.0201. The molecule has 0 rings (SSSR count). The average Bonchev–Trinajstić information content (AvgIpc) is 2.47. The highest BCUT2D eigenvalue weighted by molar-refractivity contribution is 5.31. The van der Waals surface area contributed by atoms with E-state index in [1.807, 2.05) is 0 Å². The van der Waals surface area contributed by atoms with Crippen LogP contribution in [0.1, 0.15) is 51.4 Å². The summed E-state index contributed by atoms with van der Waals surface area (Å²) in [5, 5.41) is 17.1. The second-order valence-corrected chi connectivity index (χ2v) is 4.47. The fourth-order valence-electron chi connectivity index (χ4n) is 1.63. The van der Waals surface area contributed by atoms with Crippen LogP contribution in [0.5, 0.6) is 0 Å². The molecular formula is C18H26O2. The minimum absolute atomic E-state index is 0.0201. The van der Waals surface area contributed by atoms with Crippen LogP contribution in [0.4, 0.5) is 0 Å². The third-order valence-corrected chi connectivity index (χ3v) is 2.70. The second kappa shape index (κ2) is 17.5. The molecule has 2 heteroatoms. The Bertz CT molecular complexity index is 372. The largest absolute Gasteiger partial charge is 0.396 e. The average molecular weight is 274 g/mol. The lowest BCUT2D eigenvalue weighted by molar-refractivity contribution is 0.282. The van der Waals surface area contributed by atoms with Crippen LogP contribution >= 0.6 is 0 Å². The molecule has 0 aromatic carbocycles. The Kier molecular flexibility index (Phi) is 16.2. The molecule has 0 aromatic rings. The van der Waals surface area contributed by atoms with Crippen LogP contribution in [0.25, 0.3) is 0 Å². The van der Waals surface area contributed by atoms with Gasteiger partial charge in [0.05, 0.1) is 6.61 Å². The van der Waals surface area contributed by atoms with E-state index in [0.717, 1.165) is 25.7 Å². The standard InChI is InChI=1S/C18H26O2/c19-17-15-13-11-9-7-5-3-1-2-4-6-8-10-12-14-16-18-20/h1-2,14,16,19-20H,3-5,7,9,11,13,15,17-18H2/b2-1+,16-14+. The van der Waals surface area contributed by atoms with Gasteiger partial charge in [-0.25, -0.2) is 0 Å². The first-order valence-electron chi connectivity index (χ1n) is 7.42. The topological polar surface area (TPSA) is 40.5 Å². The van der Waals surface area contributed by atoms with Gasteiger partial charge >= 0.3 is 0 Å². The highest BCUT2D eigenvalue weighted by Crippen LogP contribution is 2.07. The highest BCUT2D eigenvalue weighted by Gasteiger charge is 1.89. The van der Waals surface area contributed by atoms with Gasteiger partial charge in [0.15, 0.2) is 0 Å². The van der Waals surface area contributed by atoms with Gasteiger partial charge in [-0.05, 0) is 37.2 Å². The van der Waals surface area contributed by atoms with Crippen molar-refractivity contribution in [2.75, 3.05) is 13.2 Å². The lowest BCUT2D eigenvalue weighted by Gasteiger charge is -1.98. The van der Waals surface area contributed by atoms with E-state index in [9.17, 15) is 0 Å². The van der Waals surface area contributed by atoms with Crippen molar-refractivity contribution in [1.29, 1.82) is 0 Å². The Morgan fingerprint density at radius 1 is 0.750 bits per heavy atom. The summed E-state index contributed by atoms with van der Waals surface area (Å²) in [6.07, 6.45) is 16.4. The van der Waals surface area contributed by atoms with Gasteiger partial charge in [-0.2, -0.15) is 0 Å². The molecule has 0 fully saturated rings. The van der Waals surface area contributed by atoms with Crippen LogP contribution in [0.2, 0.25) is 0 Å². The molecule has 2 N–H and O–H groups in total. The first kappa shape index (κ1) is 18.5. The van der Waals surface area contributed by atoms with Gasteiger partial charge in [0.25, 0.3) is 0 Å². The van der Waals surface area contributed by atoms with Crippen LogP contribution in [0.15, 0.2) is 24.3 Å². The number of allylic oxidation sites excluding steroid dienone is 3. The minimum Gasteiger partial charge on any atom is -0.396 e. The third-order valence-electron chi connectivity index (χ3n) is 2.70. The SMILES string of the molecule is OC/C=C/C#CC#CC/C=C/CCCCCCCCO. The maximum atomic E-state index is 8.64. The summed E-state index contributed by atoms with van der Waals surface area (Å²) >= 11 is 0. The van der Waals surface area contributed by atoms with Crippen LogP contribution in [-0.2, 0) is 0 Å². The number of hydrogen-bond acceptors (Lipinski definition) is 2. The quantitative estimate of drug-likeness (QED) is 0.365. The maximum absolute atomic E-state index is 8.64. The molecule has 0 radical (unpaired) electrons. The molecular weight excluding hydrogens is 248 g/mol. The van der Waals surface area contributed by atoms with Crippen molar-refractivity contribution in [2.45, 2.75) is 51.4 Å². The van der Waals surface area contributed by atoms with Gasteiger partial charge in [-0.1, -0.05) is 55.8 Å². The Morgan fingerprint density at radius 2 is 1.50 bits per heavy atom. The summed E-state index contributed by atoms with van der Waals surface area (Å²) in [5.74, 6) is 11.1. The van der Waals surface area contributed by atoms with Crippen LogP contribution in [-0.4, -0.2) is 23.4 Å². The predicted molar refractivity (Wildman–Crippen MR) is 84.9 cm³/mol. The van der Waals surface area contributed by atoms with E-state index < -0.39 is 0 Å². The van der Waals surface area contributed by atoms with E-state index in [2.05, 4.69) is 35.8 Å². The van der Waals surface area contributed by atoms with Crippen molar-refractivity contribution in [2.24, 2.45) is 0 Å². The Balaban J connectivity index is 3.37. The van der Waals surface area contributed by atoms with Crippen molar-refractivity contribution in [3.05, 3.63) is 24.3 Å². The van der Waals surface area contributed by atoms with Crippen molar-refractivity contribution in [3.63, 3.8) is 0 Å². The molecule has 0 aliphatic carbocycles. The number of aliphatic hydroxyl groups is 2. The molecule has 0 bridgehead atoms. The molecule has 0 saturated carbocycles. The monoisotopic (exact) mass is 274 g/mol. The molecule has 0 spiro atoms. The number of aliphatic hydroxyl groups excluding tert-OH is 2. The van der Waals surface area contributed by atoms with E-state index >= 15 is 0 Å². The Labute approximate surface area is 123 Å². The van der Waals surface area contributed by atoms with Crippen LogP contribution < -0.4 is 0 Å². The summed E-state index contributed by atoms with van der Waals surface area (Å²) in [7, 11) is 0. The lowest BCUT2D eigenvalue weighted by Crippen LogP contribution is -1.83. The maximum Gasteiger partial charge on any atom is 0.0621 e. The van der Waals surface area contributed by atoms with E-state index in [1.54, 1.807) is 12.2 Å². The summed E-state index contributed by atoms with van der Waals surface area (Å²) in [6, 6.07) is 0. The summed E-state index contributed by atoms with van der Waals surface area (Å²) in [6.45, 7) is 0.345. The van der Waals surface area contributed by atoms with E-state index in [0.29, 0.717) is 6.61 Å². The molecule has 0 atom stereocenters. The van der Waals surface area contributed by atoms with Crippen molar-refractivity contribution < 1.29 is 10.2 Å². The lowest BCUT2D eigenvalue weighted by atomic mass is 10.1. The zero-order valence-corrected chi connectivity index (χ0v) is 12.3. The van der Waals surface area contributed by atoms with Crippen LogP contribution in [0, 0.1) is 23.7 Å². The summed E-state index contributed by atoms with van der Waals surface area (Å²) in [4.78, 5) is 0. The number of hydrogen-bond donors (Lipinski definition) is 2. The predicted octanol–water partition coefficient (Wildman–Crippen LogP) is 3.21. The number of rotatable bonds is 10. The molecule has 0 aliphatic heterocycles. The fraction of sp³-hybridized carbons (Fsp3) is 0.556. The van der Waals surface area contributed by atoms with Gasteiger partial charge < -0.3 is 10.2 Å². The molecule has 2 nitrogen and oxygen atoms in total. The molecule has 0 unspecified atom stereocenters. The van der Waals surface area contributed by atoms with E-state index in [1.165, 1.54) is 25.7 Å². The zero-order valence-electron chi connectivity index (χ0n) is 12.3. The molecule has 0 amide bonds. The first-order valence-corrected chi connectivity index (χ1v) is 7.42. The molecule has 20 heavy (non-hydrogen) atoms. The Morgan fingerprint density at radius 3 is 2.25 bits per heavy atom. The van der Waals surface area contributed by atoms with Gasteiger partial charge in [0.1, 0.15) is 0 Å². The molecule has 0 aliphatic rings. The first-order chi connectivity index (χ1) is 9.91. The van der Waals surface area contributed by atoms with Gasteiger partial charge in [-0.15, -0.1) is 0 Å². The van der Waals surface area contributed by atoms with E-state index in [4.69, 9.17) is 10.2 Å². The summed E-state index contributed by atoms with van der Waals surface area (Å²) < 4.78 is 0. The zero-order chi connectivity index (χ0) is 14.7. The normalized spacial score (nSPS) is 10.3. The van der Waals surface area contributed by atoms with E-state index in [-0.39, 0.29) is 6.61 Å². The Hall–Kier alpha value is -1.48. The second-order valence-electron chi connectivity index (χ2n) is 4.47. The van der Waals surface area contributed by atoms with Gasteiger partial charge in [-0.3, -0.25) is 0 Å². The van der Waals surface area contributed by atoms with Gasteiger partial charge in [0, 0.05) is 13.0 Å².